The molecule has 0 radical (unpaired) electrons. The topological polar surface area (TPSA) is 88.2 Å². The highest BCUT2D eigenvalue weighted by Crippen LogP contribution is 2.00. The summed E-state index contributed by atoms with van der Waals surface area (Å²) in [6.45, 7) is 0.144. The number of hydrogen-bond acceptors (Lipinski definition) is 4. The highest BCUT2D eigenvalue weighted by atomic mass is 16.3. The Balaban J connectivity index is 2.61. The Morgan fingerprint density at radius 2 is 2.38 bits per heavy atom. The van der Waals surface area contributed by atoms with Crippen molar-refractivity contribution in [2.75, 3.05) is 18.9 Å². The molecule has 1 amide bonds. The summed E-state index contributed by atoms with van der Waals surface area (Å²) in [5, 5.41) is 10.9. The zero-order valence-electron chi connectivity index (χ0n) is 7.03. The van der Waals surface area contributed by atoms with Gasteiger partial charge in [-0.05, 0) is 12.1 Å². The fourth-order valence-corrected chi connectivity index (χ4v) is 0.800. The van der Waals surface area contributed by atoms with Gasteiger partial charge in [-0.25, -0.2) is 4.98 Å². The highest BCUT2D eigenvalue weighted by molar-refractivity contribution is 5.92. The van der Waals surface area contributed by atoms with E-state index < -0.39 is 0 Å². The number of carbonyl (C=O) groups is 1. The first-order valence-corrected chi connectivity index (χ1v) is 3.84. The zero-order valence-corrected chi connectivity index (χ0v) is 7.03. The van der Waals surface area contributed by atoms with Gasteiger partial charge in [-0.2, -0.15) is 0 Å². The largest absolute Gasteiger partial charge is 0.397 e. The first kappa shape index (κ1) is 9.47. The number of hydrogen-bond donors (Lipinski definition) is 3. The molecule has 4 N–H and O–H groups in total. The molecule has 0 unspecified atom stereocenters. The maximum Gasteiger partial charge on any atom is 0.269 e. The molecule has 0 aliphatic rings. The molecule has 1 rings (SSSR count). The molecule has 13 heavy (non-hydrogen) atoms. The van der Waals surface area contributed by atoms with Crippen LogP contribution in [0.4, 0.5) is 5.69 Å². The molecular weight excluding hydrogens is 170 g/mol. The van der Waals surface area contributed by atoms with Gasteiger partial charge in [-0.3, -0.25) is 4.79 Å². The average molecular weight is 181 g/mol. The summed E-state index contributed by atoms with van der Waals surface area (Å²) in [4.78, 5) is 15.0. The van der Waals surface area contributed by atoms with Crippen molar-refractivity contribution >= 4 is 11.6 Å². The first-order chi connectivity index (χ1) is 6.24. The molecule has 0 bridgehead atoms. The van der Waals surface area contributed by atoms with Crippen molar-refractivity contribution in [2.24, 2.45) is 0 Å². The van der Waals surface area contributed by atoms with Crippen LogP contribution < -0.4 is 11.1 Å². The van der Waals surface area contributed by atoms with Gasteiger partial charge in [-0.1, -0.05) is 0 Å². The number of pyridine rings is 1. The summed E-state index contributed by atoms with van der Waals surface area (Å²) >= 11 is 0. The first-order valence-electron chi connectivity index (χ1n) is 3.84. The van der Waals surface area contributed by atoms with Gasteiger partial charge in [0.2, 0.25) is 0 Å². The molecule has 1 aromatic heterocycles. The number of amides is 1. The van der Waals surface area contributed by atoms with Crippen LogP contribution in [-0.2, 0) is 0 Å². The molecule has 0 fully saturated rings. The lowest BCUT2D eigenvalue weighted by molar-refractivity contribution is 0.0940. The van der Waals surface area contributed by atoms with E-state index in [0.717, 1.165) is 0 Å². The standard InChI is InChI=1S/C8H11N3O2/c9-6-1-2-7(11-5-6)8(13)10-3-4-12/h1-2,5,12H,3-4,9H2,(H,10,13). The molecule has 0 atom stereocenters. The van der Waals surface area contributed by atoms with Gasteiger partial charge in [0, 0.05) is 6.54 Å². The Bertz CT molecular complexity index is 284. The van der Waals surface area contributed by atoms with Crippen molar-refractivity contribution in [2.45, 2.75) is 0 Å². The van der Waals surface area contributed by atoms with Crippen molar-refractivity contribution in [3.63, 3.8) is 0 Å². The van der Waals surface area contributed by atoms with E-state index >= 15 is 0 Å². The van der Waals surface area contributed by atoms with Crippen LogP contribution in [0.2, 0.25) is 0 Å². The van der Waals surface area contributed by atoms with Gasteiger partial charge in [-0.15, -0.1) is 0 Å². The van der Waals surface area contributed by atoms with Crippen LogP contribution in [-0.4, -0.2) is 29.1 Å². The van der Waals surface area contributed by atoms with Gasteiger partial charge in [0.15, 0.2) is 0 Å². The average Bonchev–Trinajstić information content (AvgIpc) is 2.15. The van der Waals surface area contributed by atoms with E-state index in [9.17, 15) is 4.79 Å². The number of aliphatic hydroxyl groups is 1. The third-order valence-electron chi connectivity index (χ3n) is 1.42. The van der Waals surface area contributed by atoms with Crippen LogP contribution in [0.3, 0.4) is 0 Å². The Morgan fingerprint density at radius 3 is 2.92 bits per heavy atom. The van der Waals surface area contributed by atoms with Gasteiger partial charge < -0.3 is 16.2 Å². The van der Waals surface area contributed by atoms with Crippen LogP contribution in [0.5, 0.6) is 0 Å². The highest BCUT2D eigenvalue weighted by Gasteiger charge is 2.04. The van der Waals surface area contributed by atoms with E-state index in [1.807, 2.05) is 0 Å². The number of nitrogens with zero attached hydrogens (tertiary/aromatic N) is 1. The van der Waals surface area contributed by atoms with E-state index in [2.05, 4.69) is 10.3 Å². The summed E-state index contributed by atoms with van der Waals surface area (Å²) in [5.41, 5.74) is 6.20. The molecule has 0 saturated carbocycles. The van der Waals surface area contributed by atoms with Crippen LogP contribution >= 0.6 is 0 Å². The van der Waals surface area contributed by atoms with Crippen LogP contribution in [0.25, 0.3) is 0 Å². The second kappa shape index (κ2) is 4.42. The van der Waals surface area contributed by atoms with Crippen molar-refractivity contribution in [3.05, 3.63) is 24.0 Å². The van der Waals surface area contributed by atoms with Crippen molar-refractivity contribution < 1.29 is 9.90 Å². The molecule has 0 aliphatic heterocycles. The predicted octanol–water partition coefficient (Wildman–Crippen LogP) is -0.614. The molecule has 70 valence electrons. The molecule has 1 aromatic rings. The summed E-state index contributed by atoms with van der Waals surface area (Å²) in [6.07, 6.45) is 1.41. The number of nitrogens with one attached hydrogen (secondary N) is 1. The van der Waals surface area contributed by atoms with Crippen molar-refractivity contribution in [1.29, 1.82) is 0 Å². The smallest absolute Gasteiger partial charge is 0.269 e. The fraction of sp³-hybridized carbons (Fsp3) is 0.250. The molecular formula is C8H11N3O2. The van der Waals surface area contributed by atoms with Gasteiger partial charge in [0.05, 0.1) is 18.5 Å². The Labute approximate surface area is 75.6 Å². The number of aromatic nitrogens is 1. The monoisotopic (exact) mass is 181 g/mol. The summed E-state index contributed by atoms with van der Waals surface area (Å²) in [5.74, 6) is -0.311. The van der Waals surface area contributed by atoms with E-state index in [0.29, 0.717) is 11.4 Å². The molecule has 0 spiro atoms. The summed E-state index contributed by atoms with van der Waals surface area (Å²) in [6, 6.07) is 3.13. The second-order valence-electron chi connectivity index (χ2n) is 2.46. The number of carbonyl (C=O) groups excluding carboxylic acids is 1. The van der Waals surface area contributed by atoms with E-state index in [1.165, 1.54) is 12.3 Å². The Hall–Kier alpha value is -1.62. The second-order valence-corrected chi connectivity index (χ2v) is 2.46. The Morgan fingerprint density at radius 1 is 1.62 bits per heavy atom. The molecule has 0 aromatic carbocycles. The van der Waals surface area contributed by atoms with Crippen LogP contribution in [0.1, 0.15) is 10.5 Å². The molecule has 0 saturated heterocycles. The lowest BCUT2D eigenvalue weighted by Gasteiger charge is -2.01. The lowest BCUT2D eigenvalue weighted by atomic mass is 10.3. The third-order valence-corrected chi connectivity index (χ3v) is 1.42. The zero-order chi connectivity index (χ0) is 9.68. The minimum absolute atomic E-state index is 0.0826. The third kappa shape index (κ3) is 2.72. The van der Waals surface area contributed by atoms with Gasteiger partial charge >= 0.3 is 0 Å². The number of rotatable bonds is 3. The Kier molecular flexibility index (Phi) is 3.22. The fourth-order valence-electron chi connectivity index (χ4n) is 0.800. The molecule has 0 aliphatic carbocycles. The minimum atomic E-state index is -0.311. The number of aliphatic hydroxyl groups excluding tert-OH is 1. The van der Waals surface area contributed by atoms with Crippen molar-refractivity contribution in [1.82, 2.24) is 10.3 Å². The SMILES string of the molecule is Nc1ccc(C(=O)NCCO)nc1. The summed E-state index contributed by atoms with van der Waals surface area (Å²) in [7, 11) is 0. The summed E-state index contributed by atoms with van der Waals surface area (Å²) < 4.78 is 0. The van der Waals surface area contributed by atoms with E-state index in [1.54, 1.807) is 6.07 Å². The minimum Gasteiger partial charge on any atom is -0.397 e. The van der Waals surface area contributed by atoms with E-state index in [-0.39, 0.29) is 19.1 Å². The lowest BCUT2D eigenvalue weighted by Crippen LogP contribution is -2.27. The molecule has 5 nitrogen and oxygen atoms in total. The normalized spacial score (nSPS) is 9.62. The van der Waals surface area contributed by atoms with Gasteiger partial charge in [0.1, 0.15) is 5.69 Å². The molecule has 1 heterocycles. The number of nitrogen functional groups attached to an aromatic ring is 1. The quantitative estimate of drug-likeness (QED) is 0.580. The number of anilines is 1. The maximum atomic E-state index is 11.2. The van der Waals surface area contributed by atoms with Crippen LogP contribution in [0, 0.1) is 0 Å². The van der Waals surface area contributed by atoms with Crippen LogP contribution in [0.15, 0.2) is 18.3 Å². The molecule has 5 heteroatoms. The number of nitrogens with two attached hydrogens (primary N) is 1. The van der Waals surface area contributed by atoms with E-state index in [4.69, 9.17) is 10.8 Å². The van der Waals surface area contributed by atoms with Crippen molar-refractivity contribution in [3.8, 4) is 0 Å². The maximum absolute atomic E-state index is 11.2. The predicted molar refractivity (Wildman–Crippen MR) is 48.1 cm³/mol. The van der Waals surface area contributed by atoms with Gasteiger partial charge in [0.25, 0.3) is 5.91 Å².